The number of benzene rings is 2. The Bertz CT molecular complexity index is 1010. The molecule has 3 aromatic rings. The minimum atomic E-state index is -0.277. The van der Waals surface area contributed by atoms with Crippen molar-refractivity contribution in [2.24, 2.45) is 4.99 Å². The molecule has 2 aromatic carbocycles. The molecule has 1 aromatic heterocycles. The summed E-state index contributed by atoms with van der Waals surface area (Å²) in [6.07, 6.45) is 0.886. The Morgan fingerprint density at radius 3 is 2.54 bits per heavy atom. The number of aromatic nitrogens is 1. The Morgan fingerprint density at radius 1 is 1.19 bits per heavy atom. The summed E-state index contributed by atoms with van der Waals surface area (Å²) in [5.74, 6) is -0.277. The fourth-order valence-corrected chi connectivity index (χ4v) is 4.38. The van der Waals surface area contributed by atoms with Gasteiger partial charge in [0.1, 0.15) is 0 Å². The first-order valence-electron chi connectivity index (χ1n) is 8.36. The van der Waals surface area contributed by atoms with Crippen molar-refractivity contribution in [2.75, 3.05) is 0 Å². The number of hydrogen-bond acceptors (Lipinski definition) is 2. The third-order valence-corrected chi connectivity index (χ3v) is 5.99. The fraction of sp³-hybridized carbons (Fsp3) is 0.200. The summed E-state index contributed by atoms with van der Waals surface area (Å²) >= 11 is 11.0. The molecule has 0 aliphatic heterocycles. The Labute approximate surface area is 170 Å². The Morgan fingerprint density at radius 2 is 1.92 bits per heavy atom. The van der Waals surface area contributed by atoms with Gasteiger partial charge in [-0.15, -0.1) is 11.3 Å². The second-order valence-electron chi connectivity index (χ2n) is 5.69. The summed E-state index contributed by atoms with van der Waals surface area (Å²) in [4.78, 5) is 18.9. The maximum Gasteiger partial charge on any atom is 0.279 e. The zero-order valence-electron chi connectivity index (χ0n) is 14.5. The van der Waals surface area contributed by atoms with Gasteiger partial charge in [0, 0.05) is 26.5 Å². The van der Waals surface area contributed by atoms with E-state index in [2.05, 4.69) is 51.5 Å². The van der Waals surface area contributed by atoms with Gasteiger partial charge in [-0.2, -0.15) is 4.99 Å². The van der Waals surface area contributed by atoms with Crippen molar-refractivity contribution >= 4 is 44.8 Å². The molecule has 0 radical (unpaired) electrons. The van der Waals surface area contributed by atoms with Gasteiger partial charge in [-0.05, 0) is 49.2 Å². The Balaban J connectivity index is 2.13. The van der Waals surface area contributed by atoms with E-state index in [4.69, 9.17) is 11.6 Å². The van der Waals surface area contributed by atoms with Gasteiger partial charge in [0.15, 0.2) is 4.80 Å². The molecule has 0 aliphatic carbocycles. The van der Waals surface area contributed by atoms with Crippen LogP contribution >= 0.6 is 38.9 Å². The van der Waals surface area contributed by atoms with Gasteiger partial charge in [0.25, 0.3) is 5.91 Å². The van der Waals surface area contributed by atoms with E-state index in [1.165, 1.54) is 4.88 Å². The molecule has 0 saturated carbocycles. The minimum absolute atomic E-state index is 0.277. The largest absolute Gasteiger partial charge is 0.316 e. The van der Waals surface area contributed by atoms with E-state index in [-0.39, 0.29) is 5.91 Å². The lowest BCUT2D eigenvalue weighted by atomic mass is 10.1. The van der Waals surface area contributed by atoms with Crippen LogP contribution in [0.5, 0.6) is 0 Å². The van der Waals surface area contributed by atoms with E-state index < -0.39 is 0 Å². The lowest BCUT2D eigenvalue weighted by Gasteiger charge is -2.08. The number of thiazole rings is 1. The van der Waals surface area contributed by atoms with Crippen molar-refractivity contribution in [3.63, 3.8) is 0 Å². The van der Waals surface area contributed by atoms with Crippen molar-refractivity contribution in [2.45, 2.75) is 26.8 Å². The van der Waals surface area contributed by atoms with Gasteiger partial charge in [0.05, 0.1) is 5.69 Å². The average molecular weight is 450 g/mol. The first-order chi connectivity index (χ1) is 12.5. The van der Waals surface area contributed by atoms with Gasteiger partial charge in [0.2, 0.25) is 0 Å². The summed E-state index contributed by atoms with van der Waals surface area (Å²) in [5.41, 5.74) is 2.75. The lowest BCUT2D eigenvalue weighted by Crippen LogP contribution is -2.17. The summed E-state index contributed by atoms with van der Waals surface area (Å²) in [6, 6.07) is 15.1. The van der Waals surface area contributed by atoms with Crippen LogP contribution < -0.4 is 4.80 Å². The molecular weight excluding hydrogens is 432 g/mol. The summed E-state index contributed by atoms with van der Waals surface area (Å²) in [5, 5.41) is 0.533. The molecule has 0 saturated heterocycles. The number of nitrogens with zero attached hydrogens (tertiary/aromatic N) is 2. The number of rotatable bonds is 4. The van der Waals surface area contributed by atoms with Crippen LogP contribution in [0.3, 0.4) is 0 Å². The topological polar surface area (TPSA) is 34.4 Å². The molecule has 0 spiro atoms. The van der Waals surface area contributed by atoms with E-state index in [9.17, 15) is 4.79 Å². The average Bonchev–Trinajstić information content (AvgIpc) is 2.99. The molecule has 0 aliphatic rings. The first-order valence-corrected chi connectivity index (χ1v) is 10.3. The highest BCUT2D eigenvalue weighted by Crippen LogP contribution is 2.28. The fourth-order valence-electron chi connectivity index (χ4n) is 2.77. The zero-order valence-corrected chi connectivity index (χ0v) is 17.7. The zero-order chi connectivity index (χ0) is 18.7. The standard InChI is InChI=1S/C20H18BrClN2OS/c1-3-17-18(13-8-10-15(21)11-9-13)24(4-2)20(26-17)23-19(25)14-6-5-7-16(22)12-14/h5-12H,3-4H2,1-2H3. The highest BCUT2D eigenvalue weighted by Gasteiger charge is 2.15. The van der Waals surface area contributed by atoms with Gasteiger partial charge in [-0.1, -0.05) is 52.7 Å². The van der Waals surface area contributed by atoms with Crippen molar-refractivity contribution < 1.29 is 4.79 Å². The molecule has 26 heavy (non-hydrogen) atoms. The number of amides is 1. The highest BCUT2D eigenvalue weighted by atomic mass is 79.9. The van der Waals surface area contributed by atoms with E-state index in [1.54, 1.807) is 35.6 Å². The van der Waals surface area contributed by atoms with Crippen LogP contribution in [0.2, 0.25) is 5.02 Å². The normalized spacial score (nSPS) is 11.8. The molecule has 0 atom stereocenters. The van der Waals surface area contributed by atoms with Crippen LogP contribution in [-0.2, 0) is 13.0 Å². The molecule has 134 valence electrons. The van der Waals surface area contributed by atoms with Crippen molar-refractivity contribution in [3.8, 4) is 11.3 Å². The quantitative estimate of drug-likeness (QED) is 0.484. The number of halogens is 2. The maximum atomic E-state index is 12.6. The van der Waals surface area contributed by atoms with Crippen molar-refractivity contribution in [1.82, 2.24) is 4.57 Å². The Kier molecular flexibility index (Phi) is 6.12. The summed E-state index contributed by atoms with van der Waals surface area (Å²) in [6.45, 7) is 4.93. The van der Waals surface area contributed by atoms with Crippen LogP contribution in [0.1, 0.15) is 29.1 Å². The monoisotopic (exact) mass is 448 g/mol. The smallest absolute Gasteiger partial charge is 0.279 e. The van der Waals surface area contributed by atoms with Gasteiger partial charge in [-0.25, -0.2) is 0 Å². The van der Waals surface area contributed by atoms with E-state index in [0.29, 0.717) is 15.4 Å². The SMILES string of the molecule is CCc1sc(=NC(=O)c2cccc(Cl)c2)n(CC)c1-c1ccc(Br)cc1. The molecule has 6 heteroatoms. The summed E-state index contributed by atoms with van der Waals surface area (Å²) in [7, 11) is 0. The molecular formula is C20H18BrClN2OS. The van der Waals surface area contributed by atoms with Crippen LogP contribution in [0.15, 0.2) is 58.0 Å². The molecule has 1 heterocycles. The molecule has 0 bridgehead atoms. The van der Waals surface area contributed by atoms with Crippen LogP contribution in [-0.4, -0.2) is 10.5 Å². The predicted octanol–water partition coefficient (Wildman–Crippen LogP) is 5.96. The second-order valence-corrected chi connectivity index (χ2v) is 8.10. The number of aryl methyl sites for hydroxylation is 1. The van der Waals surface area contributed by atoms with Crippen LogP contribution in [0.4, 0.5) is 0 Å². The third-order valence-electron chi connectivity index (χ3n) is 4.00. The van der Waals surface area contributed by atoms with Crippen LogP contribution in [0, 0.1) is 0 Å². The van der Waals surface area contributed by atoms with Gasteiger partial charge < -0.3 is 4.57 Å². The molecule has 3 rings (SSSR count). The van der Waals surface area contributed by atoms with E-state index in [0.717, 1.165) is 28.7 Å². The van der Waals surface area contributed by atoms with Gasteiger partial charge >= 0.3 is 0 Å². The molecule has 0 fully saturated rings. The van der Waals surface area contributed by atoms with Crippen molar-refractivity contribution in [3.05, 3.63) is 73.3 Å². The number of carbonyl (C=O) groups excluding carboxylic acids is 1. The maximum absolute atomic E-state index is 12.6. The van der Waals surface area contributed by atoms with Crippen LogP contribution in [0.25, 0.3) is 11.3 Å². The van der Waals surface area contributed by atoms with E-state index >= 15 is 0 Å². The molecule has 0 N–H and O–H groups in total. The summed E-state index contributed by atoms with van der Waals surface area (Å²) < 4.78 is 3.15. The number of hydrogen-bond donors (Lipinski definition) is 0. The minimum Gasteiger partial charge on any atom is -0.316 e. The highest BCUT2D eigenvalue weighted by molar-refractivity contribution is 9.10. The van der Waals surface area contributed by atoms with Gasteiger partial charge in [-0.3, -0.25) is 4.79 Å². The Hall–Kier alpha value is -1.69. The van der Waals surface area contributed by atoms with Crippen molar-refractivity contribution in [1.29, 1.82) is 0 Å². The van der Waals surface area contributed by atoms with E-state index in [1.807, 2.05) is 12.1 Å². The molecule has 0 unspecified atom stereocenters. The third kappa shape index (κ3) is 4.00. The predicted molar refractivity (Wildman–Crippen MR) is 112 cm³/mol. The lowest BCUT2D eigenvalue weighted by molar-refractivity contribution is 0.0998. The molecule has 1 amide bonds. The number of carbonyl (C=O) groups is 1. The second kappa shape index (κ2) is 8.33. The first kappa shape index (κ1) is 19.1. The molecule has 3 nitrogen and oxygen atoms in total.